The zero-order chi connectivity index (χ0) is 21.9. The molecule has 2 atom stereocenters. The molecule has 0 heterocycles. The van der Waals surface area contributed by atoms with Crippen molar-refractivity contribution < 1.29 is 29.3 Å². The summed E-state index contributed by atoms with van der Waals surface area (Å²) < 4.78 is 11.1. The van der Waals surface area contributed by atoms with Crippen LogP contribution in [-0.4, -0.2) is 35.5 Å². The van der Waals surface area contributed by atoms with E-state index in [-0.39, 0.29) is 13.2 Å². The van der Waals surface area contributed by atoms with Gasteiger partial charge >= 0.3 is 12.1 Å². The topological polar surface area (TPSA) is 129 Å². The molecule has 2 aromatic carbocycles. The van der Waals surface area contributed by atoms with Gasteiger partial charge < -0.3 is 19.7 Å². The number of aliphatic carboxylic acids is 1. The lowest BCUT2D eigenvalue weighted by Crippen LogP contribution is -2.22. The van der Waals surface area contributed by atoms with Gasteiger partial charge in [0.25, 0.3) is 0 Å². The Morgan fingerprint density at radius 2 is 1.90 bits per heavy atom. The quantitative estimate of drug-likeness (QED) is 0.540. The van der Waals surface area contributed by atoms with Crippen LogP contribution in [0.15, 0.2) is 60.7 Å². The molecule has 0 fully saturated rings. The number of nitriles is 1. The minimum absolute atomic E-state index is 0.0561. The number of hydrogen-bond acceptors (Lipinski definition) is 6. The number of aliphatic hydroxyl groups is 1. The Hall–Kier alpha value is -3.83. The molecule has 0 spiro atoms. The number of rotatable bonds is 9. The molecule has 0 bridgehead atoms. The highest BCUT2D eigenvalue weighted by Crippen LogP contribution is 2.34. The molecule has 0 radical (unpaired) electrons. The van der Waals surface area contributed by atoms with E-state index < -0.39 is 24.1 Å². The highest BCUT2D eigenvalue weighted by Gasteiger charge is 2.25. The second-order valence-corrected chi connectivity index (χ2v) is 6.31. The number of nitrogens with one attached hydrogen (secondary N) is 1. The minimum Gasteiger partial charge on any atom is -0.491 e. The molecule has 1 amide bonds. The third kappa shape index (κ3) is 6.65. The van der Waals surface area contributed by atoms with Crippen LogP contribution >= 0.6 is 0 Å². The molecule has 156 valence electrons. The van der Waals surface area contributed by atoms with E-state index in [2.05, 4.69) is 5.32 Å². The van der Waals surface area contributed by atoms with Gasteiger partial charge in [-0.25, -0.2) is 9.59 Å². The molecule has 0 unspecified atom stereocenters. The summed E-state index contributed by atoms with van der Waals surface area (Å²) in [6.45, 7) is 1.58. The first-order chi connectivity index (χ1) is 14.4. The van der Waals surface area contributed by atoms with Gasteiger partial charge in [-0.3, -0.25) is 5.32 Å². The van der Waals surface area contributed by atoms with Crippen molar-refractivity contribution in [1.29, 1.82) is 5.26 Å². The van der Waals surface area contributed by atoms with Gasteiger partial charge in [0.05, 0.1) is 18.2 Å². The van der Waals surface area contributed by atoms with E-state index in [9.17, 15) is 9.59 Å². The summed E-state index contributed by atoms with van der Waals surface area (Å²) in [5.41, 5.74) is 1.42. The molecule has 8 nitrogen and oxygen atoms in total. The lowest BCUT2D eigenvalue weighted by Gasteiger charge is -2.24. The van der Waals surface area contributed by atoms with Crippen LogP contribution < -0.4 is 10.1 Å². The molecule has 0 saturated carbocycles. The molecule has 0 aliphatic carbocycles. The third-order valence-electron chi connectivity index (χ3n) is 4.09. The first-order valence-corrected chi connectivity index (χ1v) is 9.16. The smallest absolute Gasteiger partial charge is 0.412 e. The van der Waals surface area contributed by atoms with Gasteiger partial charge in [-0.1, -0.05) is 31.2 Å². The van der Waals surface area contributed by atoms with Crippen LogP contribution in [0.1, 0.15) is 24.2 Å². The van der Waals surface area contributed by atoms with Gasteiger partial charge in [0.1, 0.15) is 18.5 Å². The first kappa shape index (κ1) is 22.5. The number of ether oxygens (including phenoxy) is 2. The standard InChI is InChI=1S/C22H22N2O6/c1-15(6-11-20(26)27)21(18-4-2-3-5-19(18)29-13-12-25)30-22(28)24-17-9-7-16(14-23)8-10-17/h2-11,15,21,25H,12-13H2,1H3,(H,24,28)(H,26,27)/b11-6+/t15-,21-/m1/s1. The fraction of sp³-hybridized carbons (Fsp3) is 0.227. The second kappa shape index (κ2) is 11.2. The zero-order valence-electron chi connectivity index (χ0n) is 16.3. The summed E-state index contributed by atoms with van der Waals surface area (Å²) in [5, 5.41) is 29.4. The molecule has 8 heteroatoms. The molecule has 3 N–H and O–H groups in total. The zero-order valence-corrected chi connectivity index (χ0v) is 16.3. The summed E-state index contributed by atoms with van der Waals surface area (Å²) in [5.74, 6) is -1.20. The molecular weight excluding hydrogens is 388 g/mol. The van der Waals surface area contributed by atoms with Crippen LogP contribution in [0, 0.1) is 17.2 Å². The van der Waals surface area contributed by atoms with Crippen molar-refractivity contribution in [3.8, 4) is 11.8 Å². The summed E-state index contributed by atoms with van der Waals surface area (Å²) in [6, 6.07) is 15.1. The Labute approximate surface area is 174 Å². The third-order valence-corrected chi connectivity index (χ3v) is 4.09. The maximum atomic E-state index is 12.5. The van der Waals surface area contributed by atoms with Gasteiger partial charge in [-0.15, -0.1) is 0 Å². The van der Waals surface area contributed by atoms with Gasteiger partial charge in [0, 0.05) is 23.2 Å². The monoisotopic (exact) mass is 410 g/mol. The van der Waals surface area contributed by atoms with Crippen LogP contribution in [0.2, 0.25) is 0 Å². The van der Waals surface area contributed by atoms with E-state index in [1.165, 1.54) is 6.08 Å². The Bertz CT molecular complexity index is 933. The fourth-order valence-corrected chi connectivity index (χ4v) is 2.68. The molecule has 2 rings (SSSR count). The van der Waals surface area contributed by atoms with Crippen molar-refractivity contribution in [1.82, 2.24) is 0 Å². The number of benzene rings is 2. The van der Waals surface area contributed by atoms with Crippen molar-refractivity contribution in [3.63, 3.8) is 0 Å². The van der Waals surface area contributed by atoms with E-state index in [0.717, 1.165) is 6.08 Å². The fourth-order valence-electron chi connectivity index (χ4n) is 2.68. The number of carboxylic acids is 1. The van der Waals surface area contributed by atoms with Crippen molar-refractivity contribution >= 4 is 17.7 Å². The lowest BCUT2D eigenvalue weighted by molar-refractivity contribution is -0.131. The number of anilines is 1. The number of carboxylic acid groups (broad SMARTS) is 1. The van der Waals surface area contributed by atoms with Crippen molar-refractivity contribution in [2.45, 2.75) is 13.0 Å². The average Bonchev–Trinajstić information content (AvgIpc) is 2.75. The van der Waals surface area contributed by atoms with E-state index in [0.29, 0.717) is 22.6 Å². The van der Waals surface area contributed by atoms with Crippen LogP contribution in [0.4, 0.5) is 10.5 Å². The molecule has 0 aromatic heterocycles. The number of nitrogens with zero attached hydrogens (tertiary/aromatic N) is 1. The summed E-state index contributed by atoms with van der Waals surface area (Å²) in [4.78, 5) is 23.4. The molecule has 0 aliphatic heterocycles. The Kier molecular flexibility index (Phi) is 8.41. The summed E-state index contributed by atoms with van der Waals surface area (Å²) >= 11 is 0. The maximum Gasteiger partial charge on any atom is 0.412 e. The van der Waals surface area contributed by atoms with Crippen molar-refractivity contribution in [3.05, 3.63) is 71.8 Å². The normalized spacial score (nSPS) is 12.6. The van der Waals surface area contributed by atoms with Crippen molar-refractivity contribution in [2.75, 3.05) is 18.5 Å². The average molecular weight is 410 g/mol. The lowest BCUT2D eigenvalue weighted by atomic mass is 9.96. The molecule has 2 aromatic rings. The van der Waals surface area contributed by atoms with Crippen molar-refractivity contribution in [2.24, 2.45) is 5.92 Å². The number of carbonyl (C=O) groups is 2. The van der Waals surface area contributed by atoms with Gasteiger partial charge in [0.15, 0.2) is 0 Å². The van der Waals surface area contributed by atoms with E-state index >= 15 is 0 Å². The van der Waals surface area contributed by atoms with E-state index in [1.807, 2.05) is 6.07 Å². The Morgan fingerprint density at radius 1 is 1.20 bits per heavy atom. The van der Waals surface area contributed by atoms with Crippen LogP contribution in [0.25, 0.3) is 0 Å². The second-order valence-electron chi connectivity index (χ2n) is 6.31. The maximum absolute atomic E-state index is 12.5. The Morgan fingerprint density at radius 3 is 2.53 bits per heavy atom. The molecular formula is C22H22N2O6. The SMILES string of the molecule is C[C@H](/C=C/C(=O)O)[C@@H](OC(=O)Nc1ccc(C#N)cc1)c1ccccc1OCCO. The van der Waals surface area contributed by atoms with Gasteiger partial charge in [-0.05, 0) is 30.3 Å². The molecule has 0 saturated heterocycles. The summed E-state index contributed by atoms with van der Waals surface area (Å²) in [6.07, 6.45) is 0.799. The Balaban J connectivity index is 2.26. The minimum atomic E-state index is -1.12. The van der Waals surface area contributed by atoms with E-state index in [4.69, 9.17) is 24.9 Å². The number of para-hydroxylation sites is 1. The van der Waals surface area contributed by atoms with Crippen LogP contribution in [0.5, 0.6) is 5.75 Å². The summed E-state index contributed by atoms with van der Waals surface area (Å²) in [7, 11) is 0. The van der Waals surface area contributed by atoms with Gasteiger partial charge in [-0.2, -0.15) is 5.26 Å². The molecule has 0 aliphatic rings. The highest BCUT2D eigenvalue weighted by molar-refractivity contribution is 5.85. The largest absolute Gasteiger partial charge is 0.491 e. The number of aliphatic hydroxyl groups excluding tert-OH is 1. The van der Waals surface area contributed by atoms with Crippen LogP contribution in [0.3, 0.4) is 0 Å². The number of amides is 1. The number of hydrogen-bond donors (Lipinski definition) is 3. The molecule has 30 heavy (non-hydrogen) atoms. The van der Waals surface area contributed by atoms with Gasteiger partial charge in [0.2, 0.25) is 0 Å². The number of carbonyl (C=O) groups excluding carboxylic acids is 1. The van der Waals surface area contributed by atoms with Crippen LogP contribution in [-0.2, 0) is 9.53 Å². The highest BCUT2D eigenvalue weighted by atomic mass is 16.6. The predicted octanol–water partition coefficient (Wildman–Crippen LogP) is 3.50. The first-order valence-electron chi connectivity index (χ1n) is 9.16. The van der Waals surface area contributed by atoms with E-state index in [1.54, 1.807) is 55.5 Å². The predicted molar refractivity (Wildman–Crippen MR) is 109 cm³/mol.